The standard InChI is InChI=1S/C21H13F5N4O3/c1-30-16(10-15(29-30)19(31)28-18-13(22)3-2-4-14(18)23)12-9-11(20-27-7-8-32-20)5-6-17(12)33-21(24,25)26/h2-10H,1H3,(H,28,31). The molecule has 2 heterocycles. The summed E-state index contributed by atoms with van der Waals surface area (Å²) in [6, 6.07) is 7.91. The van der Waals surface area contributed by atoms with Crippen LogP contribution in [0.4, 0.5) is 27.6 Å². The lowest BCUT2D eigenvalue weighted by Gasteiger charge is -2.14. The number of ether oxygens (including phenoxy) is 1. The first-order chi connectivity index (χ1) is 15.6. The predicted octanol–water partition coefficient (Wildman–Crippen LogP) is 5.17. The molecular formula is C21H13F5N4O3. The van der Waals surface area contributed by atoms with Crippen molar-refractivity contribution in [3.63, 3.8) is 0 Å². The molecule has 0 atom stereocenters. The summed E-state index contributed by atoms with van der Waals surface area (Å²) in [4.78, 5) is 16.5. The number of halogens is 5. The van der Waals surface area contributed by atoms with Gasteiger partial charge in [-0.1, -0.05) is 6.07 Å². The highest BCUT2D eigenvalue weighted by atomic mass is 19.4. The minimum atomic E-state index is -4.99. The Hall–Kier alpha value is -4.22. The van der Waals surface area contributed by atoms with Crippen LogP contribution in [-0.2, 0) is 7.05 Å². The molecule has 0 spiro atoms. The molecule has 170 valence electrons. The van der Waals surface area contributed by atoms with Crippen LogP contribution in [0.3, 0.4) is 0 Å². The Kier molecular flexibility index (Phi) is 5.58. The average Bonchev–Trinajstić information content (AvgIpc) is 3.40. The number of nitrogens with zero attached hydrogens (tertiary/aromatic N) is 3. The Morgan fingerprint density at radius 3 is 2.48 bits per heavy atom. The number of hydrogen-bond donors (Lipinski definition) is 1. The lowest BCUT2D eigenvalue weighted by Crippen LogP contribution is -2.17. The summed E-state index contributed by atoms with van der Waals surface area (Å²) in [5, 5.41) is 6.03. The molecule has 0 aliphatic carbocycles. The molecule has 4 aromatic rings. The van der Waals surface area contributed by atoms with Crippen molar-refractivity contribution in [3.05, 3.63) is 72.3 Å². The number of anilines is 1. The van der Waals surface area contributed by atoms with E-state index >= 15 is 0 Å². The molecular weight excluding hydrogens is 451 g/mol. The fraction of sp³-hybridized carbons (Fsp3) is 0.0952. The monoisotopic (exact) mass is 464 g/mol. The summed E-state index contributed by atoms with van der Waals surface area (Å²) in [7, 11) is 1.38. The quantitative estimate of drug-likeness (QED) is 0.412. The van der Waals surface area contributed by atoms with Crippen LogP contribution >= 0.6 is 0 Å². The molecule has 0 saturated carbocycles. The van der Waals surface area contributed by atoms with Gasteiger partial charge in [-0.3, -0.25) is 9.48 Å². The molecule has 0 aliphatic rings. The van der Waals surface area contributed by atoms with Crippen molar-refractivity contribution in [2.24, 2.45) is 7.05 Å². The number of amides is 1. The van der Waals surface area contributed by atoms with Gasteiger partial charge in [0.2, 0.25) is 5.89 Å². The normalized spacial score (nSPS) is 11.5. The largest absolute Gasteiger partial charge is 0.573 e. The zero-order valence-corrected chi connectivity index (χ0v) is 16.7. The molecule has 33 heavy (non-hydrogen) atoms. The highest BCUT2D eigenvalue weighted by Gasteiger charge is 2.33. The van der Waals surface area contributed by atoms with Crippen LogP contribution in [0.2, 0.25) is 0 Å². The number of aryl methyl sites for hydroxylation is 1. The topological polar surface area (TPSA) is 82.2 Å². The Labute approximate surface area is 182 Å². The van der Waals surface area contributed by atoms with Gasteiger partial charge in [0.15, 0.2) is 5.69 Å². The van der Waals surface area contributed by atoms with Gasteiger partial charge in [0.1, 0.15) is 29.3 Å². The fourth-order valence-corrected chi connectivity index (χ4v) is 3.07. The minimum absolute atomic E-state index is 0.0572. The van der Waals surface area contributed by atoms with Gasteiger partial charge in [-0.15, -0.1) is 13.2 Å². The summed E-state index contributed by atoms with van der Waals surface area (Å²) in [6.07, 6.45) is -2.33. The number of nitrogens with one attached hydrogen (secondary N) is 1. The number of rotatable bonds is 5. The van der Waals surface area contributed by atoms with Crippen molar-refractivity contribution < 1.29 is 35.9 Å². The van der Waals surface area contributed by atoms with E-state index in [9.17, 15) is 26.7 Å². The second-order valence-electron chi connectivity index (χ2n) is 6.69. The van der Waals surface area contributed by atoms with Crippen LogP contribution in [0.5, 0.6) is 5.75 Å². The molecule has 0 saturated heterocycles. The first-order valence-electron chi connectivity index (χ1n) is 9.22. The van der Waals surface area contributed by atoms with Crippen LogP contribution in [0.1, 0.15) is 10.5 Å². The number of carbonyl (C=O) groups is 1. The summed E-state index contributed by atoms with van der Waals surface area (Å²) >= 11 is 0. The number of aromatic nitrogens is 3. The second kappa shape index (κ2) is 8.37. The van der Waals surface area contributed by atoms with Crippen LogP contribution in [0, 0.1) is 11.6 Å². The van der Waals surface area contributed by atoms with Crippen LogP contribution in [-0.4, -0.2) is 27.0 Å². The maximum Gasteiger partial charge on any atom is 0.573 e. The van der Waals surface area contributed by atoms with E-state index in [0.29, 0.717) is 5.56 Å². The molecule has 0 radical (unpaired) electrons. The highest BCUT2D eigenvalue weighted by Crippen LogP contribution is 2.37. The molecule has 1 amide bonds. The van der Waals surface area contributed by atoms with Gasteiger partial charge in [0, 0.05) is 18.2 Å². The van der Waals surface area contributed by atoms with Gasteiger partial charge in [0.05, 0.1) is 11.9 Å². The molecule has 0 fully saturated rings. The second-order valence-corrected chi connectivity index (χ2v) is 6.69. The average molecular weight is 464 g/mol. The van der Waals surface area contributed by atoms with E-state index in [2.05, 4.69) is 20.1 Å². The molecule has 2 aromatic heterocycles. The number of oxazole rings is 1. The van der Waals surface area contributed by atoms with Gasteiger partial charge in [-0.2, -0.15) is 5.10 Å². The van der Waals surface area contributed by atoms with Gasteiger partial charge in [-0.05, 0) is 36.4 Å². The van der Waals surface area contributed by atoms with Crippen molar-refractivity contribution in [1.29, 1.82) is 0 Å². The summed E-state index contributed by atoms with van der Waals surface area (Å²) < 4.78 is 77.0. The molecule has 7 nitrogen and oxygen atoms in total. The van der Waals surface area contributed by atoms with Crippen LogP contribution in [0.25, 0.3) is 22.7 Å². The van der Waals surface area contributed by atoms with E-state index in [1.807, 2.05) is 0 Å². The zero-order chi connectivity index (χ0) is 23.8. The third-order valence-electron chi connectivity index (χ3n) is 4.47. The third kappa shape index (κ3) is 4.68. The Bertz CT molecular complexity index is 1300. The summed E-state index contributed by atoms with van der Waals surface area (Å²) in [5.74, 6) is -3.39. The van der Waals surface area contributed by atoms with Crippen molar-refractivity contribution in [2.75, 3.05) is 5.32 Å². The smallest absolute Gasteiger partial charge is 0.445 e. The van der Waals surface area contributed by atoms with E-state index in [4.69, 9.17) is 4.42 Å². The van der Waals surface area contributed by atoms with E-state index < -0.39 is 35.3 Å². The number of hydrogen-bond acceptors (Lipinski definition) is 5. The van der Waals surface area contributed by atoms with Crippen molar-refractivity contribution in [3.8, 4) is 28.5 Å². The van der Waals surface area contributed by atoms with Crippen molar-refractivity contribution in [1.82, 2.24) is 14.8 Å². The lowest BCUT2D eigenvalue weighted by molar-refractivity contribution is -0.274. The number of carbonyl (C=O) groups excluding carboxylic acids is 1. The third-order valence-corrected chi connectivity index (χ3v) is 4.47. The molecule has 1 N–H and O–H groups in total. The molecule has 0 aliphatic heterocycles. The maximum absolute atomic E-state index is 13.8. The number of benzene rings is 2. The molecule has 4 rings (SSSR count). The van der Waals surface area contributed by atoms with E-state index in [0.717, 1.165) is 35.0 Å². The molecule has 2 aromatic carbocycles. The Morgan fingerprint density at radius 1 is 1.12 bits per heavy atom. The van der Waals surface area contributed by atoms with Crippen LogP contribution < -0.4 is 10.1 Å². The SMILES string of the molecule is Cn1nc(C(=O)Nc2c(F)cccc2F)cc1-c1cc(-c2ncco2)ccc1OC(F)(F)F. The van der Waals surface area contributed by atoms with E-state index in [1.54, 1.807) is 0 Å². The van der Waals surface area contributed by atoms with E-state index in [-0.39, 0.29) is 22.8 Å². The Morgan fingerprint density at radius 2 is 1.85 bits per heavy atom. The van der Waals surface area contributed by atoms with Gasteiger partial charge >= 0.3 is 6.36 Å². The molecule has 0 bridgehead atoms. The predicted molar refractivity (Wildman–Crippen MR) is 105 cm³/mol. The van der Waals surface area contributed by atoms with Gasteiger partial charge in [-0.25, -0.2) is 13.8 Å². The maximum atomic E-state index is 13.8. The van der Waals surface area contributed by atoms with Crippen molar-refractivity contribution in [2.45, 2.75) is 6.36 Å². The first kappa shape index (κ1) is 22.0. The van der Waals surface area contributed by atoms with Gasteiger partial charge in [0.25, 0.3) is 5.91 Å². The fourth-order valence-electron chi connectivity index (χ4n) is 3.07. The number of alkyl halides is 3. The number of para-hydroxylation sites is 1. The van der Waals surface area contributed by atoms with Crippen molar-refractivity contribution >= 4 is 11.6 Å². The molecule has 12 heteroatoms. The van der Waals surface area contributed by atoms with Crippen LogP contribution in [0.15, 0.2) is 59.3 Å². The zero-order valence-electron chi connectivity index (χ0n) is 16.7. The minimum Gasteiger partial charge on any atom is -0.445 e. The lowest BCUT2D eigenvalue weighted by atomic mass is 10.1. The summed E-state index contributed by atoms with van der Waals surface area (Å²) in [6.45, 7) is 0. The highest BCUT2D eigenvalue weighted by molar-refractivity contribution is 6.03. The molecule has 0 unspecified atom stereocenters. The van der Waals surface area contributed by atoms with Gasteiger partial charge < -0.3 is 14.5 Å². The van der Waals surface area contributed by atoms with E-state index in [1.165, 1.54) is 31.6 Å². The Balaban J connectivity index is 1.74. The first-order valence-corrected chi connectivity index (χ1v) is 9.22. The summed E-state index contributed by atoms with van der Waals surface area (Å²) in [5.41, 5.74) is -0.655.